The zero-order valence-corrected chi connectivity index (χ0v) is 13.9. The molecule has 0 aliphatic carbocycles. The molecular formula is C16H19N3O3S. The van der Waals surface area contributed by atoms with Gasteiger partial charge in [0.25, 0.3) is 0 Å². The fourth-order valence-electron chi connectivity index (χ4n) is 2.17. The number of carbonyl (C=O) groups excluding carboxylic acids is 1. The van der Waals surface area contributed by atoms with Gasteiger partial charge in [0.1, 0.15) is 0 Å². The zero-order valence-electron chi connectivity index (χ0n) is 13.1. The van der Waals surface area contributed by atoms with Crippen molar-refractivity contribution in [1.82, 2.24) is 15.3 Å². The SMILES string of the molecule is C[C@@H](Cc1cnccn1)NC(=O)Cc1ccc(S(C)(=O)=O)cc1. The molecule has 1 atom stereocenters. The Labute approximate surface area is 135 Å². The van der Waals surface area contributed by atoms with Crippen molar-refractivity contribution in [3.63, 3.8) is 0 Å². The van der Waals surface area contributed by atoms with Gasteiger partial charge in [-0.25, -0.2) is 8.42 Å². The van der Waals surface area contributed by atoms with E-state index in [0.29, 0.717) is 6.42 Å². The molecule has 1 heterocycles. The minimum atomic E-state index is -3.22. The maximum absolute atomic E-state index is 12.0. The van der Waals surface area contributed by atoms with E-state index in [9.17, 15) is 13.2 Å². The number of benzene rings is 1. The highest BCUT2D eigenvalue weighted by Gasteiger charge is 2.11. The fraction of sp³-hybridized carbons (Fsp3) is 0.312. The van der Waals surface area contributed by atoms with E-state index in [4.69, 9.17) is 0 Å². The van der Waals surface area contributed by atoms with Crippen LogP contribution in [0.2, 0.25) is 0 Å². The van der Waals surface area contributed by atoms with Crippen molar-refractivity contribution in [2.24, 2.45) is 0 Å². The van der Waals surface area contributed by atoms with E-state index in [1.807, 2.05) is 6.92 Å². The molecular weight excluding hydrogens is 314 g/mol. The monoisotopic (exact) mass is 333 g/mol. The Morgan fingerprint density at radius 3 is 2.48 bits per heavy atom. The van der Waals surface area contributed by atoms with Crippen molar-refractivity contribution in [3.8, 4) is 0 Å². The second-order valence-electron chi connectivity index (χ2n) is 5.46. The number of hydrogen-bond donors (Lipinski definition) is 1. The Hall–Kier alpha value is -2.28. The van der Waals surface area contributed by atoms with Crippen LogP contribution in [-0.2, 0) is 27.5 Å². The lowest BCUT2D eigenvalue weighted by Crippen LogP contribution is -2.35. The normalized spacial score (nSPS) is 12.6. The Balaban J connectivity index is 1.89. The molecule has 0 saturated carbocycles. The third kappa shape index (κ3) is 5.45. The minimum Gasteiger partial charge on any atom is -0.353 e. The van der Waals surface area contributed by atoms with Gasteiger partial charge in [0.2, 0.25) is 5.91 Å². The quantitative estimate of drug-likeness (QED) is 0.857. The third-order valence-electron chi connectivity index (χ3n) is 3.26. The summed E-state index contributed by atoms with van der Waals surface area (Å²) < 4.78 is 22.8. The standard InChI is InChI=1S/C16H19N3O3S/c1-12(9-14-11-17-7-8-18-14)19-16(20)10-13-3-5-15(6-4-13)23(2,21)22/h3-8,11-12H,9-10H2,1-2H3,(H,19,20)/t12-/m0/s1. The highest BCUT2D eigenvalue weighted by atomic mass is 32.2. The van der Waals surface area contributed by atoms with E-state index in [0.717, 1.165) is 17.5 Å². The summed E-state index contributed by atoms with van der Waals surface area (Å²) in [7, 11) is -3.22. The molecule has 1 amide bonds. The Bertz CT molecular complexity index is 759. The molecule has 0 fully saturated rings. The molecule has 1 aromatic heterocycles. The minimum absolute atomic E-state index is 0.0607. The van der Waals surface area contributed by atoms with Crippen LogP contribution >= 0.6 is 0 Å². The Morgan fingerprint density at radius 1 is 1.22 bits per heavy atom. The second-order valence-corrected chi connectivity index (χ2v) is 7.48. The van der Waals surface area contributed by atoms with Gasteiger partial charge in [-0.2, -0.15) is 0 Å². The predicted molar refractivity (Wildman–Crippen MR) is 86.6 cm³/mol. The van der Waals surface area contributed by atoms with Crippen LogP contribution in [0.1, 0.15) is 18.2 Å². The van der Waals surface area contributed by atoms with Gasteiger partial charge in [-0.05, 0) is 24.6 Å². The van der Waals surface area contributed by atoms with Gasteiger partial charge in [0.15, 0.2) is 9.84 Å². The van der Waals surface area contributed by atoms with Crippen molar-refractivity contribution in [2.75, 3.05) is 6.26 Å². The molecule has 0 spiro atoms. The zero-order chi connectivity index (χ0) is 16.9. The summed E-state index contributed by atoms with van der Waals surface area (Å²) in [5, 5.41) is 2.90. The van der Waals surface area contributed by atoms with E-state index in [1.165, 1.54) is 12.1 Å². The van der Waals surface area contributed by atoms with Gasteiger partial charge in [0, 0.05) is 37.3 Å². The van der Waals surface area contributed by atoms with Crippen molar-refractivity contribution < 1.29 is 13.2 Å². The first-order valence-corrected chi connectivity index (χ1v) is 9.07. The molecule has 7 heteroatoms. The summed E-state index contributed by atoms with van der Waals surface area (Å²) >= 11 is 0. The number of nitrogens with zero attached hydrogens (tertiary/aromatic N) is 2. The molecule has 0 radical (unpaired) electrons. The molecule has 23 heavy (non-hydrogen) atoms. The van der Waals surface area contributed by atoms with E-state index >= 15 is 0 Å². The molecule has 6 nitrogen and oxygen atoms in total. The van der Waals surface area contributed by atoms with Crippen LogP contribution in [0, 0.1) is 0 Å². The lowest BCUT2D eigenvalue weighted by atomic mass is 10.1. The summed E-state index contributed by atoms with van der Waals surface area (Å²) in [4.78, 5) is 20.4. The second kappa shape index (κ2) is 7.32. The lowest BCUT2D eigenvalue weighted by Gasteiger charge is -2.13. The van der Waals surface area contributed by atoms with Crippen LogP contribution in [0.15, 0.2) is 47.8 Å². The van der Waals surface area contributed by atoms with E-state index < -0.39 is 9.84 Å². The summed E-state index contributed by atoms with van der Waals surface area (Å²) in [6.07, 6.45) is 6.86. The largest absolute Gasteiger partial charge is 0.353 e. The van der Waals surface area contributed by atoms with E-state index in [1.54, 1.807) is 30.7 Å². The average molecular weight is 333 g/mol. The molecule has 1 aromatic carbocycles. The van der Waals surface area contributed by atoms with Crippen LogP contribution in [0.3, 0.4) is 0 Å². The molecule has 2 rings (SSSR count). The summed E-state index contributed by atoms with van der Waals surface area (Å²) in [6, 6.07) is 6.28. The highest BCUT2D eigenvalue weighted by molar-refractivity contribution is 7.90. The lowest BCUT2D eigenvalue weighted by molar-refractivity contribution is -0.121. The van der Waals surface area contributed by atoms with Gasteiger partial charge in [0.05, 0.1) is 17.0 Å². The number of carbonyl (C=O) groups is 1. The Kier molecular flexibility index (Phi) is 5.44. The first kappa shape index (κ1) is 17.1. The molecule has 0 bridgehead atoms. The molecule has 0 saturated heterocycles. The molecule has 0 aliphatic heterocycles. The number of nitrogens with one attached hydrogen (secondary N) is 1. The summed E-state index contributed by atoms with van der Waals surface area (Å²) in [5.74, 6) is -0.117. The topological polar surface area (TPSA) is 89.0 Å². The van der Waals surface area contributed by atoms with Crippen LogP contribution < -0.4 is 5.32 Å². The number of hydrogen-bond acceptors (Lipinski definition) is 5. The molecule has 1 N–H and O–H groups in total. The smallest absolute Gasteiger partial charge is 0.224 e. The van der Waals surface area contributed by atoms with Crippen LogP contribution in [0.4, 0.5) is 0 Å². The molecule has 0 aliphatic rings. The first-order chi connectivity index (χ1) is 10.8. The molecule has 122 valence electrons. The molecule has 2 aromatic rings. The van der Waals surface area contributed by atoms with Gasteiger partial charge in [-0.15, -0.1) is 0 Å². The third-order valence-corrected chi connectivity index (χ3v) is 4.38. The van der Waals surface area contributed by atoms with Crippen LogP contribution in [-0.4, -0.2) is 36.6 Å². The van der Waals surface area contributed by atoms with Crippen molar-refractivity contribution >= 4 is 15.7 Å². The van der Waals surface area contributed by atoms with Crippen molar-refractivity contribution in [2.45, 2.75) is 30.7 Å². The van der Waals surface area contributed by atoms with Gasteiger partial charge < -0.3 is 5.32 Å². The number of amides is 1. The predicted octanol–water partition coefficient (Wildman–Crippen LogP) is 1.17. The summed E-state index contributed by atoms with van der Waals surface area (Å²) in [6.45, 7) is 1.90. The van der Waals surface area contributed by atoms with Crippen molar-refractivity contribution in [1.29, 1.82) is 0 Å². The maximum atomic E-state index is 12.0. The fourth-order valence-corrected chi connectivity index (χ4v) is 2.80. The van der Waals surface area contributed by atoms with Gasteiger partial charge >= 0.3 is 0 Å². The van der Waals surface area contributed by atoms with Crippen molar-refractivity contribution in [3.05, 3.63) is 54.1 Å². The van der Waals surface area contributed by atoms with Crippen LogP contribution in [0.25, 0.3) is 0 Å². The first-order valence-electron chi connectivity index (χ1n) is 7.18. The maximum Gasteiger partial charge on any atom is 0.224 e. The number of sulfone groups is 1. The van der Waals surface area contributed by atoms with Gasteiger partial charge in [-0.3, -0.25) is 14.8 Å². The van der Waals surface area contributed by atoms with Gasteiger partial charge in [-0.1, -0.05) is 12.1 Å². The Morgan fingerprint density at radius 2 is 1.91 bits per heavy atom. The summed E-state index contributed by atoms with van der Waals surface area (Å²) in [5.41, 5.74) is 1.58. The van der Waals surface area contributed by atoms with Crippen LogP contribution in [0.5, 0.6) is 0 Å². The highest BCUT2D eigenvalue weighted by Crippen LogP contribution is 2.11. The number of rotatable bonds is 6. The molecule has 0 unspecified atom stereocenters. The number of aromatic nitrogens is 2. The average Bonchev–Trinajstić information content (AvgIpc) is 2.47. The van der Waals surface area contributed by atoms with E-state index in [2.05, 4.69) is 15.3 Å². The van der Waals surface area contributed by atoms with E-state index in [-0.39, 0.29) is 23.3 Å².